The van der Waals surface area contributed by atoms with E-state index in [0.29, 0.717) is 27.3 Å². The van der Waals surface area contributed by atoms with Crippen LogP contribution in [0.2, 0.25) is 10.0 Å². The zero-order valence-electron chi connectivity index (χ0n) is 19.2. The number of halogens is 2. The van der Waals surface area contributed by atoms with E-state index in [1.54, 1.807) is 18.2 Å². The van der Waals surface area contributed by atoms with Gasteiger partial charge in [-0.3, -0.25) is 4.79 Å². The number of H-pyrrole nitrogens is 1. The Bertz CT molecular complexity index is 1240. The van der Waals surface area contributed by atoms with Crippen molar-refractivity contribution in [2.75, 3.05) is 5.32 Å². The number of hydrogen-bond donors (Lipinski definition) is 2. The zero-order chi connectivity index (χ0) is 24.2. The maximum Gasteiger partial charge on any atom is 0.238 e. The fourth-order valence-corrected chi connectivity index (χ4v) is 4.78. The van der Waals surface area contributed by atoms with Crippen molar-refractivity contribution in [2.45, 2.75) is 37.6 Å². The molecule has 4 rings (SSSR count). The number of hydrogen-bond acceptors (Lipinski definition) is 3. The molecule has 0 saturated heterocycles. The number of carbonyl (C=O) groups excluding carboxylic acids is 1. The van der Waals surface area contributed by atoms with E-state index in [0.717, 1.165) is 22.5 Å². The van der Waals surface area contributed by atoms with Gasteiger partial charge in [-0.2, -0.15) is 0 Å². The van der Waals surface area contributed by atoms with Crippen LogP contribution in [0.3, 0.4) is 0 Å². The van der Waals surface area contributed by atoms with Crippen LogP contribution in [0, 0.1) is 13.8 Å². The second-order valence-electron chi connectivity index (χ2n) is 8.10. The number of aromatic nitrogens is 2. The van der Waals surface area contributed by atoms with Crippen molar-refractivity contribution in [3.05, 3.63) is 87.9 Å². The van der Waals surface area contributed by atoms with Crippen LogP contribution in [0.25, 0.3) is 22.5 Å². The Morgan fingerprint density at radius 1 is 0.971 bits per heavy atom. The third kappa shape index (κ3) is 5.49. The Morgan fingerprint density at radius 3 is 2.21 bits per heavy atom. The summed E-state index contributed by atoms with van der Waals surface area (Å²) in [5, 5.41) is 3.96. The number of benzene rings is 3. The van der Waals surface area contributed by atoms with Gasteiger partial charge in [0, 0.05) is 11.1 Å². The highest BCUT2D eigenvalue weighted by Gasteiger charge is 2.23. The Labute approximate surface area is 214 Å². The van der Waals surface area contributed by atoms with E-state index < -0.39 is 0 Å². The summed E-state index contributed by atoms with van der Waals surface area (Å²) in [6, 6.07) is 21.8. The van der Waals surface area contributed by atoms with Gasteiger partial charge in [-0.05, 0) is 32.4 Å². The van der Waals surface area contributed by atoms with Crippen LogP contribution in [-0.2, 0) is 4.79 Å². The van der Waals surface area contributed by atoms with Gasteiger partial charge in [-0.15, -0.1) is 0 Å². The van der Waals surface area contributed by atoms with E-state index >= 15 is 0 Å². The number of aromatic amines is 1. The summed E-state index contributed by atoms with van der Waals surface area (Å²) in [7, 11) is 0. The topological polar surface area (TPSA) is 57.8 Å². The van der Waals surface area contributed by atoms with Crippen LogP contribution in [0.1, 0.15) is 24.5 Å². The number of amides is 1. The lowest BCUT2D eigenvalue weighted by molar-refractivity contribution is -0.115. The summed E-state index contributed by atoms with van der Waals surface area (Å²) in [5.74, 6) is -0.151. The molecule has 3 aromatic carbocycles. The second-order valence-corrected chi connectivity index (χ2v) is 10.1. The van der Waals surface area contributed by atoms with E-state index in [4.69, 9.17) is 28.2 Å². The van der Waals surface area contributed by atoms with E-state index in [-0.39, 0.29) is 11.2 Å². The molecule has 0 fully saturated rings. The lowest BCUT2D eigenvalue weighted by Gasteiger charge is -2.14. The van der Waals surface area contributed by atoms with Gasteiger partial charge in [0.25, 0.3) is 0 Å². The summed E-state index contributed by atoms with van der Waals surface area (Å²) < 4.78 is 0. The first-order valence-corrected chi connectivity index (χ1v) is 12.6. The molecule has 0 bridgehead atoms. The van der Waals surface area contributed by atoms with Gasteiger partial charge in [0.1, 0.15) is 0 Å². The summed E-state index contributed by atoms with van der Waals surface area (Å²) >= 11 is 13.8. The van der Waals surface area contributed by atoms with Gasteiger partial charge in [0.05, 0.1) is 32.4 Å². The molecule has 1 amide bonds. The molecule has 0 aliphatic rings. The molecular weight excluding hydrogens is 485 g/mol. The van der Waals surface area contributed by atoms with Crippen molar-refractivity contribution in [1.82, 2.24) is 9.97 Å². The molecule has 2 N–H and O–H groups in total. The molecule has 1 aromatic heterocycles. The minimum Gasteiger partial charge on any atom is -0.332 e. The van der Waals surface area contributed by atoms with E-state index in [9.17, 15) is 4.79 Å². The number of carbonyl (C=O) groups is 1. The predicted molar refractivity (Wildman–Crippen MR) is 144 cm³/mol. The van der Waals surface area contributed by atoms with Crippen molar-refractivity contribution < 1.29 is 4.79 Å². The number of rotatable bonds is 7. The van der Waals surface area contributed by atoms with Crippen LogP contribution in [0.5, 0.6) is 0 Å². The molecule has 1 atom stereocenters. The van der Waals surface area contributed by atoms with Gasteiger partial charge < -0.3 is 10.3 Å². The summed E-state index contributed by atoms with van der Waals surface area (Å²) in [5.41, 5.74) is 6.74. The van der Waals surface area contributed by atoms with Crippen LogP contribution in [-0.4, -0.2) is 21.1 Å². The number of thioether (sulfide) groups is 1. The highest BCUT2D eigenvalue weighted by atomic mass is 35.5. The molecule has 0 spiro atoms. The summed E-state index contributed by atoms with van der Waals surface area (Å²) in [6.45, 7) is 6.10. The average Bonchev–Trinajstić information content (AvgIpc) is 3.25. The van der Waals surface area contributed by atoms with E-state index in [2.05, 4.69) is 72.7 Å². The Morgan fingerprint density at radius 2 is 1.59 bits per heavy atom. The fourth-order valence-electron chi connectivity index (χ4n) is 3.53. The van der Waals surface area contributed by atoms with Gasteiger partial charge in [0.2, 0.25) is 5.91 Å². The molecular formula is C27H25Cl2N3OS. The third-order valence-electron chi connectivity index (χ3n) is 5.47. The van der Waals surface area contributed by atoms with Gasteiger partial charge in [0.15, 0.2) is 5.16 Å². The zero-order valence-corrected chi connectivity index (χ0v) is 21.5. The molecule has 34 heavy (non-hydrogen) atoms. The number of aryl methyl sites for hydroxylation is 2. The van der Waals surface area contributed by atoms with Gasteiger partial charge >= 0.3 is 0 Å². The third-order valence-corrected chi connectivity index (χ3v) is 7.54. The Kier molecular flexibility index (Phi) is 7.67. The highest BCUT2D eigenvalue weighted by molar-refractivity contribution is 8.00. The average molecular weight is 510 g/mol. The van der Waals surface area contributed by atoms with Crippen LogP contribution in [0.15, 0.2) is 71.9 Å². The van der Waals surface area contributed by atoms with Crippen molar-refractivity contribution in [3.8, 4) is 22.5 Å². The number of nitrogens with one attached hydrogen (secondary N) is 2. The van der Waals surface area contributed by atoms with Crippen molar-refractivity contribution in [1.29, 1.82) is 0 Å². The largest absolute Gasteiger partial charge is 0.332 e. The Hall–Kier alpha value is -2.73. The molecule has 1 heterocycles. The second kappa shape index (κ2) is 10.7. The van der Waals surface area contributed by atoms with Crippen molar-refractivity contribution in [3.63, 3.8) is 0 Å². The first-order valence-electron chi connectivity index (χ1n) is 11.0. The lowest BCUT2D eigenvalue weighted by Crippen LogP contribution is -2.24. The maximum absolute atomic E-state index is 13.0. The predicted octanol–water partition coefficient (Wildman–Crippen LogP) is 8.18. The lowest BCUT2D eigenvalue weighted by atomic mass is 10.0. The van der Waals surface area contributed by atoms with Crippen LogP contribution in [0.4, 0.5) is 5.69 Å². The van der Waals surface area contributed by atoms with E-state index in [1.807, 2.05) is 6.92 Å². The highest BCUT2D eigenvalue weighted by Crippen LogP contribution is 2.35. The molecule has 7 heteroatoms. The Balaban J connectivity index is 1.64. The molecule has 0 aliphatic carbocycles. The van der Waals surface area contributed by atoms with Gasteiger partial charge in [-0.1, -0.05) is 108 Å². The smallest absolute Gasteiger partial charge is 0.238 e. The molecule has 174 valence electrons. The minimum atomic E-state index is -0.363. The molecule has 1 unspecified atom stereocenters. The van der Waals surface area contributed by atoms with Crippen molar-refractivity contribution >= 4 is 46.6 Å². The standard InChI is InChI=1S/C27H25Cl2N3OS/c1-4-22(26(33)30-21-7-5-6-20(28)23(21)29)34-27-31-24(18-12-8-16(2)9-13-18)25(32-27)19-14-10-17(3)11-15-19/h5-15,22H,4H2,1-3H3,(H,30,33)(H,31,32). The monoisotopic (exact) mass is 509 g/mol. The number of imidazole rings is 1. The minimum absolute atomic E-state index is 0.151. The van der Waals surface area contributed by atoms with E-state index in [1.165, 1.54) is 22.9 Å². The first kappa shape index (κ1) is 24.4. The molecule has 4 aromatic rings. The number of anilines is 1. The summed E-state index contributed by atoms with van der Waals surface area (Å²) in [4.78, 5) is 21.4. The molecule has 0 saturated carbocycles. The van der Waals surface area contributed by atoms with Gasteiger partial charge in [-0.25, -0.2) is 4.98 Å². The van der Waals surface area contributed by atoms with Crippen LogP contribution < -0.4 is 5.32 Å². The molecule has 0 radical (unpaired) electrons. The number of nitrogens with zero attached hydrogens (tertiary/aromatic N) is 1. The molecule has 0 aliphatic heterocycles. The fraction of sp³-hybridized carbons (Fsp3) is 0.185. The van der Waals surface area contributed by atoms with Crippen molar-refractivity contribution in [2.24, 2.45) is 0 Å². The maximum atomic E-state index is 13.0. The summed E-state index contributed by atoms with van der Waals surface area (Å²) in [6.07, 6.45) is 0.620. The SMILES string of the molecule is CCC(Sc1nc(-c2ccc(C)cc2)c(-c2ccc(C)cc2)[nH]1)C(=O)Nc1cccc(Cl)c1Cl. The quantitative estimate of drug-likeness (QED) is 0.247. The normalized spacial score (nSPS) is 11.9. The molecule has 4 nitrogen and oxygen atoms in total. The van der Waals surface area contributed by atoms with Crippen LogP contribution >= 0.6 is 35.0 Å². The first-order chi connectivity index (χ1) is 16.4.